The zero-order chi connectivity index (χ0) is 9.52. The monoisotopic (exact) mass is 177 g/mol. The van der Waals surface area contributed by atoms with Gasteiger partial charge in [-0.15, -0.1) is 0 Å². The zero-order valence-electron chi connectivity index (χ0n) is 7.70. The van der Waals surface area contributed by atoms with Gasteiger partial charge in [-0.05, 0) is 19.4 Å². The average Bonchev–Trinajstić information content (AvgIpc) is 2.19. The summed E-state index contributed by atoms with van der Waals surface area (Å²) in [6, 6.07) is 9.39. The standard InChI is InChI=1S/C11H15NO/c12-9-5-4-8-11(13)10-6-2-1-3-7-10/h1-3,6-7H,4-5,8-9,12H2. The Balaban J connectivity index is 2.40. The summed E-state index contributed by atoms with van der Waals surface area (Å²) in [4.78, 5) is 11.5. The molecule has 0 fully saturated rings. The molecule has 0 heterocycles. The SMILES string of the molecule is NCCCCC(=O)c1ccccc1. The molecule has 2 N–H and O–H groups in total. The molecule has 0 atom stereocenters. The van der Waals surface area contributed by atoms with Gasteiger partial charge in [0.1, 0.15) is 0 Å². The van der Waals surface area contributed by atoms with E-state index in [1.165, 1.54) is 0 Å². The molecule has 0 saturated carbocycles. The number of hydrogen-bond acceptors (Lipinski definition) is 2. The van der Waals surface area contributed by atoms with Crippen LogP contribution < -0.4 is 5.73 Å². The van der Waals surface area contributed by atoms with E-state index in [2.05, 4.69) is 0 Å². The fourth-order valence-corrected chi connectivity index (χ4v) is 1.20. The Hall–Kier alpha value is -1.15. The first-order valence-electron chi connectivity index (χ1n) is 4.63. The van der Waals surface area contributed by atoms with Crippen LogP contribution in [0.15, 0.2) is 30.3 Å². The van der Waals surface area contributed by atoms with Crippen molar-refractivity contribution in [2.45, 2.75) is 19.3 Å². The zero-order valence-corrected chi connectivity index (χ0v) is 7.70. The summed E-state index contributed by atoms with van der Waals surface area (Å²) in [6.07, 6.45) is 2.43. The summed E-state index contributed by atoms with van der Waals surface area (Å²) in [5.41, 5.74) is 6.15. The van der Waals surface area contributed by atoms with Gasteiger partial charge in [0.05, 0.1) is 0 Å². The van der Waals surface area contributed by atoms with Gasteiger partial charge in [-0.25, -0.2) is 0 Å². The number of carbonyl (C=O) groups is 1. The van der Waals surface area contributed by atoms with E-state index in [4.69, 9.17) is 5.73 Å². The third-order valence-corrected chi connectivity index (χ3v) is 1.95. The fourth-order valence-electron chi connectivity index (χ4n) is 1.20. The van der Waals surface area contributed by atoms with E-state index in [1.807, 2.05) is 30.3 Å². The number of Topliss-reactive ketones (excluding diaryl/α,β-unsaturated/α-hetero) is 1. The minimum atomic E-state index is 0.217. The highest BCUT2D eigenvalue weighted by Crippen LogP contribution is 2.05. The van der Waals surface area contributed by atoms with Crippen molar-refractivity contribution >= 4 is 5.78 Å². The maximum Gasteiger partial charge on any atom is 0.162 e. The number of unbranched alkanes of at least 4 members (excludes halogenated alkanes) is 1. The van der Waals surface area contributed by atoms with Crippen LogP contribution in [0, 0.1) is 0 Å². The summed E-state index contributed by atoms with van der Waals surface area (Å²) in [5.74, 6) is 0.217. The first kappa shape index (κ1) is 9.93. The quantitative estimate of drug-likeness (QED) is 0.552. The molecule has 0 saturated heterocycles. The van der Waals surface area contributed by atoms with Gasteiger partial charge in [0.15, 0.2) is 5.78 Å². The predicted molar refractivity (Wildman–Crippen MR) is 53.7 cm³/mol. The fraction of sp³-hybridized carbons (Fsp3) is 0.364. The summed E-state index contributed by atoms with van der Waals surface area (Å²) >= 11 is 0. The Kier molecular flexibility index (Phi) is 4.19. The Bertz CT molecular complexity index is 256. The third kappa shape index (κ3) is 3.38. The highest BCUT2D eigenvalue weighted by molar-refractivity contribution is 5.95. The van der Waals surface area contributed by atoms with Crippen molar-refractivity contribution in [3.63, 3.8) is 0 Å². The lowest BCUT2D eigenvalue weighted by Crippen LogP contribution is -2.02. The Morgan fingerprint density at radius 3 is 2.46 bits per heavy atom. The molecule has 0 bridgehead atoms. The van der Waals surface area contributed by atoms with Crippen molar-refractivity contribution < 1.29 is 4.79 Å². The second-order valence-electron chi connectivity index (χ2n) is 3.03. The van der Waals surface area contributed by atoms with E-state index in [9.17, 15) is 4.79 Å². The summed E-state index contributed by atoms with van der Waals surface area (Å²) < 4.78 is 0. The van der Waals surface area contributed by atoms with Crippen LogP contribution in [-0.2, 0) is 0 Å². The molecule has 0 radical (unpaired) electrons. The second kappa shape index (κ2) is 5.49. The third-order valence-electron chi connectivity index (χ3n) is 1.95. The van der Waals surface area contributed by atoms with E-state index >= 15 is 0 Å². The molecular weight excluding hydrogens is 162 g/mol. The van der Waals surface area contributed by atoms with Crippen molar-refractivity contribution in [3.8, 4) is 0 Å². The molecule has 1 aromatic rings. The van der Waals surface area contributed by atoms with E-state index < -0.39 is 0 Å². The first-order chi connectivity index (χ1) is 6.34. The lowest BCUT2D eigenvalue weighted by molar-refractivity contribution is 0.0979. The molecule has 0 aliphatic carbocycles. The smallest absolute Gasteiger partial charge is 0.162 e. The van der Waals surface area contributed by atoms with Crippen LogP contribution in [0.2, 0.25) is 0 Å². The van der Waals surface area contributed by atoms with Gasteiger partial charge in [-0.1, -0.05) is 30.3 Å². The van der Waals surface area contributed by atoms with E-state index in [1.54, 1.807) is 0 Å². The van der Waals surface area contributed by atoms with Crippen LogP contribution in [0.25, 0.3) is 0 Å². The Morgan fingerprint density at radius 1 is 1.15 bits per heavy atom. The van der Waals surface area contributed by atoms with Crippen LogP contribution in [0.5, 0.6) is 0 Å². The normalized spacial score (nSPS) is 9.92. The van der Waals surface area contributed by atoms with Crippen LogP contribution in [-0.4, -0.2) is 12.3 Å². The highest BCUT2D eigenvalue weighted by atomic mass is 16.1. The molecule has 1 rings (SSSR count). The minimum Gasteiger partial charge on any atom is -0.330 e. The van der Waals surface area contributed by atoms with E-state index in [0.29, 0.717) is 13.0 Å². The number of hydrogen-bond donors (Lipinski definition) is 1. The number of rotatable bonds is 5. The van der Waals surface area contributed by atoms with E-state index in [-0.39, 0.29) is 5.78 Å². The van der Waals surface area contributed by atoms with E-state index in [0.717, 1.165) is 18.4 Å². The lowest BCUT2D eigenvalue weighted by atomic mass is 10.1. The molecule has 0 aliphatic heterocycles. The Morgan fingerprint density at radius 2 is 1.85 bits per heavy atom. The van der Waals surface area contributed by atoms with Gasteiger partial charge >= 0.3 is 0 Å². The largest absolute Gasteiger partial charge is 0.330 e. The van der Waals surface area contributed by atoms with Crippen LogP contribution >= 0.6 is 0 Å². The number of ketones is 1. The van der Waals surface area contributed by atoms with Crippen molar-refractivity contribution in [1.29, 1.82) is 0 Å². The second-order valence-corrected chi connectivity index (χ2v) is 3.03. The molecule has 0 unspecified atom stereocenters. The predicted octanol–water partition coefficient (Wildman–Crippen LogP) is 2.00. The molecule has 0 spiro atoms. The number of carbonyl (C=O) groups excluding carboxylic acids is 1. The van der Waals surface area contributed by atoms with Gasteiger partial charge in [0, 0.05) is 12.0 Å². The lowest BCUT2D eigenvalue weighted by Gasteiger charge is -1.99. The highest BCUT2D eigenvalue weighted by Gasteiger charge is 2.02. The van der Waals surface area contributed by atoms with Crippen molar-refractivity contribution in [1.82, 2.24) is 0 Å². The summed E-state index contributed by atoms with van der Waals surface area (Å²) in [5, 5.41) is 0. The van der Waals surface area contributed by atoms with Crippen LogP contribution in [0.4, 0.5) is 0 Å². The molecular formula is C11H15NO. The molecule has 13 heavy (non-hydrogen) atoms. The average molecular weight is 177 g/mol. The minimum absolute atomic E-state index is 0.217. The molecule has 0 aliphatic rings. The Labute approximate surface area is 78.8 Å². The molecule has 2 nitrogen and oxygen atoms in total. The maximum atomic E-state index is 11.5. The van der Waals surface area contributed by atoms with Crippen LogP contribution in [0.3, 0.4) is 0 Å². The van der Waals surface area contributed by atoms with Gasteiger partial charge in [0.2, 0.25) is 0 Å². The molecule has 1 aromatic carbocycles. The summed E-state index contributed by atoms with van der Waals surface area (Å²) in [6.45, 7) is 0.669. The molecule has 0 amide bonds. The maximum absolute atomic E-state index is 11.5. The summed E-state index contributed by atoms with van der Waals surface area (Å²) in [7, 11) is 0. The van der Waals surface area contributed by atoms with Gasteiger partial charge in [-0.3, -0.25) is 4.79 Å². The molecule has 2 heteroatoms. The number of nitrogens with two attached hydrogens (primary N) is 1. The van der Waals surface area contributed by atoms with Crippen LogP contribution in [0.1, 0.15) is 29.6 Å². The molecule has 70 valence electrons. The first-order valence-corrected chi connectivity index (χ1v) is 4.63. The van der Waals surface area contributed by atoms with Crippen molar-refractivity contribution in [2.24, 2.45) is 5.73 Å². The van der Waals surface area contributed by atoms with Crippen molar-refractivity contribution in [2.75, 3.05) is 6.54 Å². The van der Waals surface area contributed by atoms with Crippen molar-refractivity contribution in [3.05, 3.63) is 35.9 Å². The van der Waals surface area contributed by atoms with Gasteiger partial charge in [-0.2, -0.15) is 0 Å². The van der Waals surface area contributed by atoms with Gasteiger partial charge in [0.25, 0.3) is 0 Å². The topological polar surface area (TPSA) is 43.1 Å². The molecule has 0 aromatic heterocycles. The number of benzene rings is 1. The van der Waals surface area contributed by atoms with Gasteiger partial charge < -0.3 is 5.73 Å².